The fraction of sp³-hybridized carbons (Fsp3) is 0.0909. The minimum Gasteiger partial charge on any atom is -0.457 e. The maximum Gasteiger partial charge on any atom is 0.275 e. The molecule has 0 aliphatic heterocycles. The fourth-order valence-corrected chi connectivity index (χ4v) is 4.25. The third kappa shape index (κ3) is 2.57. The molecule has 0 spiro atoms. The summed E-state index contributed by atoms with van der Waals surface area (Å²) in [7, 11) is 0. The Morgan fingerprint density at radius 1 is 1.07 bits per heavy atom. The normalized spacial score (nSPS) is 12.5. The van der Waals surface area contributed by atoms with Crippen LogP contribution in [0.2, 0.25) is 0 Å². The lowest BCUT2D eigenvalue weighted by Gasteiger charge is -1.99. The van der Waals surface area contributed by atoms with Gasteiger partial charge < -0.3 is 4.42 Å². The van der Waals surface area contributed by atoms with Crippen molar-refractivity contribution in [3.05, 3.63) is 86.1 Å². The van der Waals surface area contributed by atoms with Crippen molar-refractivity contribution in [1.29, 1.82) is 0 Å². The van der Waals surface area contributed by atoms with Crippen molar-refractivity contribution in [1.82, 2.24) is 9.38 Å². The first kappa shape index (κ1) is 16.9. The summed E-state index contributed by atoms with van der Waals surface area (Å²) in [4.78, 5) is 18.3. The third-order valence-corrected chi connectivity index (χ3v) is 5.93. The van der Waals surface area contributed by atoms with Crippen LogP contribution in [-0.2, 0) is 0 Å². The highest BCUT2D eigenvalue weighted by atomic mass is 32.1. The van der Waals surface area contributed by atoms with Gasteiger partial charge in [0, 0.05) is 11.6 Å². The quantitative estimate of drug-likeness (QED) is 0.447. The molecule has 0 N–H and O–H groups in total. The van der Waals surface area contributed by atoms with Crippen molar-refractivity contribution >= 4 is 33.4 Å². The lowest BCUT2D eigenvalue weighted by molar-refractivity contribution is 0.571. The average molecular weight is 390 g/mol. The summed E-state index contributed by atoms with van der Waals surface area (Å²) in [6.07, 6.45) is 1.72. The molecule has 4 nitrogen and oxygen atoms in total. The molecule has 0 aliphatic rings. The number of furan rings is 1. The first-order valence-electron chi connectivity index (χ1n) is 8.80. The van der Waals surface area contributed by atoms with Gasteiger partial charge in [0.2, 0.25) is 0 Å². The van der Waals surface area contributed by atoms with Crippen molar-refractivity contribution in [3.63, 3.8) is 0 Å². The molecule has 3 heterocycles. The van der Waals surface area contributed by atoms with Gasteiger partial charge >= 0.3 is 0 Å². The molecule has 0 atom stereocenters. The average Bonchev–Trinajstić information content (AvgIpc) is 3.36. The van der Waals surface area contributed by atoms with Crippen LogP contribution < -0.4 is 10.1 Å². The van der Waals surface area contributed by atoms with Gasteiger partial charge in [0.05, 0.1) is 11.0 Å². The van der Waals surface area contributed by atoms with E-state index in [1.54, 1.807) is 28.7 Å². The molecule has 3 aromatic heterocycles. The molecular weight excluding hydrogens is 375 g/mol. The van der Waals surface area contributed by atoms with E-state index in [1.165, 1.54) is 23.5 Å². The molecule has 0 amide bonds. The number of halogens is 1. The number of imidazole rings is 1. The van der Waals surface area contributed by atoms with Crippen LogP contribution in [0.25, 0.3) is 33.4 Å². The molecule has 28 heavy (non-hydrogen) atoms. The van der Waals surface area contributed by atoms with Crippen LogP contribution in [0.1, 0.15) is 16.9 Å². The summed E-state index contributed by atoms with van der Waals surface area (Å²) < 4.78 is 21.1. The number of aromatic nitrogens is 2. The standard InChI is InChI=1S/C22H15FN2O2S/c1-12-3-9-17-20(13(12)2)24-22-25(17)21(26)19(28-22)11-16-8-10-18(27-16)14-4-6-15(23)7-5-14/h3-11H,1-2H3. The summed E-state index contributed by atoms with van der Waals surface area (Å²) in [6, 6.07) is 13.7. The Hall–Kier alpha value is -3.25. The highest BCUT2D eigenvalue weighted by Crippen LogP contribution is 2.24. The molecule has 0 saturated carbocycles. The van der Waals surface area contributed by atoms with Gasteiger partial charge in [-0.3, -0.25) is 4.79 Å². The van der Waals surface area contributed by atoms with E-state index in [2.05, 4.69) is 4.98 Å². The van der Waals surface area contributed by atoms with Gasteiger partial charge in [-0.1, -0.05) is 17.4 Å². The molecule has 6 heteroatoms. The first-order chi connectivity index (χ1) is 13.5. The Morgan fingerprint density at radius 3 is 2.64 bits per heavy atom. The highest BCUT2D eigenvalue weighted by molar-refractivity contribution is 7.15. The Morgan fingerprint density at radius 2 is 1.86 bits per heavy atom. The molecule has 2 aromatic carbocycles. The van der Waals surface area contributed by atoms with Gasteiger partial charge in [-0.05, 0) is 67.4 Å². The minimum atomic E-state index is -0.294. The number of thiazole rings is 1. The molecule has 0 aliphatic carbocycles. The molecular formula is C22H15FN2O2S. The smallest absolute Gasteiger partial charge is 0.275 e. The predicted octanol–water partition coefficient (Wildman–Crippen LogP) is 4.47. The highest BCUT2D eigenvalue weighted by Gasteiger charge is 2.14. The molecule has 138 valence electrons. The van der Waals surface area contributed by atoms with Crippen LogP contribution in [0.15, 0.2) is 57.7 Å². The van der Waals surface area contributed by atoms with Gasteiger partial charge in [0.1, 0.15) is 21.9 Å². The lowest BCUT2D eigenvalue weighted by atomic mass is 10.1. The van der Waals surface area contributed by atoms with Crippen molar-refractivity contribution in [2.24, 2.45) is 0 Å². The first-order valence-corrected chi connectivity index (χ1v) is 9.61. The number of rotatable bonds is 2. The molecule has 5 rings (SSSR count). The van der Waals surface area contributed by atoms with Crippen molar-refractivity contribution < 1.29 is 8.81 Å². The second-order valence-corrected chi connectivity index (χ2v) is 7.74. The zero-order valence-electron chi connectivity index (χ0n) is 15.2. The largest absolute Gasteiger partial charge is 0.457 e. The molecule has 0 radical (unpaired) electrons. The van der Waals surface area contributed by atoms with E-state index in [0.29, 0.717) is 21.0 Å². The minimum absolute atomic E-state index is 0.106. The topological polar surface area (TPSA) is 47.5 Å². The van der Waals surface area contributed by atoms with Crippen LogP contribution >= 0.6 is 11.3 Å². The van der Waals surface area contributed by atoms with Gasteiger partial charge in [0.15, 0.2) is 4.96 Å². The molecule has 0 unspecified atom stereocenters. The lowest BCUT2D eigenvalue weighted by Crippen LogP contribution is -2.22. The van der Waals surface area contributed by atoms with Crippen LogP contribution in [0.4, 0.5) is 4.39 Å². The molecule has 0 fully saturated rings. The maximum atomic E-state index is 13.1. The van der Waals surface area contributed by atoms with Crippen LogP contribution in [0.5, 0.6) is 0 Å². The number of aryl methyl sites for hydroxylation is 2. The fourth-order valence-electron chi connectivity index (χ4n) is 3.29. The van der Waals surface area contributed by atoms with E-state index in [9.17, 15) is 9.18 Å². The second-order valence-electron chi connectivity index (χ2n) is 6.73. The monoisotopic (exact) mass is 390 g/mol. The van der Waals surface area contributed by atoms with Crippen LogP contribution in [0, 0.1) is 19.7 Å². The summed E-state index contributed by atoms with van der Waals surface area (Å²) in [5, 5.41) is 0. The van der Waals surface area contributed by atoms with E-state index >= 15 is 0 Å². The van der Waals surface area contributed by atoms with Gasteiger partial charge in [-0.2, -0.15) is 0 Å². The Kier molecular flexibility index (Phi) is 3.70. The van der Waals surface area contributed by atoms with E-state index in [-0.39, 0.29) is 11.4 Å². The number of nitrogens with zero attached hydrogens (tertiary/aromatic N) is 2. The number of fused-ring (bicyclic) bond motifs is 3. The van der Waals surface area contributed by atoms with E-state index in [1.807, 2.05) is 32.0 Å². The van der Waals surface area contributed by atoms with Crippen LogP contribution in [0.3, 0.4) is 0 Å². The zero-order valence-corrected chi connectivity index (χ0v) is 16.0. The maximum absolute atomic E-state index is 13.1. The van der Waals surface area contributed by atoms with Gasteiger partial charge in [0.25, 0.3) is 5.56 Å². The Balaban J connectivity index is 1.63. The van der Waals surface area contributed by atoms with Crippen molar-refractivity contribution in [2.45, 2.75) is 13.8 Å². The van der Waals surface area contributed by atoms with Gasteiger partial charge in [-0.15, -0.1) is 0 Å². The van der Waals surface area contributed by atoms with E-state index < -0.39 is 0 Å². The number of hydrogen-bond acceptors (Lipinski definition) is 4. The third-order valence-electron chi connectivity index (χ3n) is 4.96. The zero-order chi connectivity index (χ0) is 19.4. The molecule has 0 saturated heterocycles. The predicted molar refractivity (Wildman–Crippen MR) is 109 cm³/mol. The summed E-state index contributed by atoms with van der Waals surface area (Å²) in [5.74, 6) is 0.895. The second kappa shape index (κ2) is 6.14. The Bertz CT molecular complexity index is 1460. The summed E-state index contributed by atoms with van der Waals surface area (Å²) in [6.45, 7) is 4.06. The number of benzene rings is 2. The number of hydrogen-bond donors (Lipinski definition) is 0. The van der Waals surface area contributed by atoms with E-state index in [4.69, 9.17) is 4.42 Å². The van der Waals surface area contributed by atoms with Gasteiger partial charge in [-0.25, -0.2) is 13.8 Å². The van der Waals surface area contributed by atoms with E-state index in [0.717, 1.165) is 27.7 Å². The van der Waals surface area contributed by atoms with Crippen molar-refractivity contribution in [3.8, 4) is 11.3 Å². The summed E-state index contributed by atoms with van der Waals surface area (Å²) in [5.41, 5.74) is 4.61. The molecule has 5 aromatic rings. The van der Waals surface area contributed by atoms with Crippen LogP contribution in [-0.4, -0.2) is 9.38 Å². The molecule has 0 bridgehead atoms. The Labute approximate surface area is 163 Å². The SMILES string of the molecule is Cc1ccc2c(nc3sc(=Cc4ccc(-c5ccc(F)cc5)o4)c(=O)n32)c1C. The summed E-state index contributed by atoms with van der Waals surface area (Å²) >= 11 is 1.34. The van der Waals surface area contributed by atoms with Crippen molar-refractivity contribution in [2.75, 3.05) is 0 Å².